The van der Waals surface area contributed by atoms with Crippen LogP contribution in [0.5, 0.6) is 0 Å². The Morgan fingerprint density at radius 1 is 0.833 bits per heavy atom. The topological polar surface area (TPSA) is 63.5 Å². The van der Waals surface area contributed by atoms with Crippen molar-refractivity contribution in [3.63, 3.8) is 0 Å². The first-order valence-electron chi connectivity index (χ1n) is 9.57. The molecule has 0 radical (unpaired) electrons. The lowest BCUT2D eigenvalue weighted by molar-refractivity contribution is 0.601. The molecule has 5 nitrogen and oxygen atoms in total. The van der Waals surface area contributed by atoms with Gasteiger partial charge in [0.15, 0.2) is 5.82 Å². The summed E-state index contributed by atoms with van der Waals surface area (Å²) in [7, 11) is -3.82. The number of anilines is 1. The van der Waals surface area contributed by atoms with Crippen molar-refractivity contribution >= 4 is 32.3 Å². The maximum Gasteiger partial charge on any atom is 0.263 e. The molecule has 148 valence electrons. The number of fused-ring (bicyclic) bond motifs is 2. The van der Waals surface area contributed by atoms with Crippen molar-refractivity contribution in [1.82, 2.24) is 9.38 Å². The van der Waals surface area contributed by atoms with E-state index < -0.39 is 10.0 Å². The summed E-state index contributed by atoms with van der Waals surface area (Å²) in [5.74, 6) is 0.421. The monoisotopic (exact) mass is 413 g/mol. The van der Waals surface area contributed by atoms with Crippen molar-refractivity contribution in [3.05, 3.63) is 96.7 Å². The lowest BCUT2D eigenvalue weighted by atomic mass is 10.1. The number of nitrogens with zero attached hydrogens (tertiary/aromatic N) is 2. The molecule has 2 heterocycles. The van der Waals surface area contributed by atoms with E-state index in [1.54, 1.807) is 16.5 Å². The Hall–Kier alpha value is -3.64. The summed E-state index contributed by atoms with van der Waals surface area (Å²) in [5, 5.41) is 1.86. The number of hydrogen-bond donors (Lipinski definition) is 1. The summed E-state index contributed by atoms with van der Waals surface area (Å²) in [6, 6.07) is 26.3. The average molecular weight is 414 g/mol. The zero-order valence-electron chi connectivity index (χ0n) is 16.3. The largest absolute Gasteiger partial charge is 0.285 e. The predicted molar refractivity (Wildman–Crippen MR) is 120 cm³/mol. The summed E-state index contributed by atoms with van der Waals surface area (Å²) < 4.78 is 31.1. The Morgan fingerprint density at radius 2 is 1.57 bits per heavy atom. The zero-order chi connectivity index (χ0) is 20.7. The lowest BCUT2D eigenvalue weighted by Gasteiger charge is -2.11. The number of sulfonamides is 1. The third-order valence-corrected chi connectivity index (χ3v) is 6.43. The van der Waals surface area contributed by atoms with Crippen LogP contribution in [-0.4, -0.2) is 17.8 Å². The number of aryl methyl sites for hydroxylation is 1. The lowest BCUT2D eigenvalue weighted by Crippen LogP contribution is -2.15. The van der Waals surface area contributed by atoms with Gasteiger partial charge in [0, 0.05) is 11.8 Å². The molecule has 0 amide bonds. The highest BCUT2D eigenvalue weighted by Gasteiger charge is 2.21. The molecule has 0 unspecified atom stereocenters. The van der Waals surface area contributed by atoms with Gasteiger partial charge in [0.2, 0.25) is 0 Å². The van der Waals surface area contributed by atoms with Crippen LogP contribution in [0, 0.1) is 6.92 Å². The van der Waals surface area contributed by atoms with Crippen molar-refractivity contribution in [3.8, 4) is 11.3 Å². The van der Waals surface area contributed by atoms with E-state index in [1.807, 2.05) is 85.9 Å². The summed E-state index contributed by atoms with van der Waals surface area (Å²) >= 11 is 0. The van der Waals surface area contributed by atoms with E-state index in [1.165, 1.54) is 0 Å². The fourth-order valence-corrected chi connectivity index (χ4v) is 4.66. The normalized spacial score (nSPS) is 11.8. The number of rotatable bonds is 4. The van der Waals surface area contributed by atoms with Gasteiger partial charge in [0.1, 0.15) is 11.3 Å². The van der Waals surface area contributed by atoms with Crippen LogP contribution < -0.4 is 4.72 Å². The molecule has 5 aromatic rings. The van der Waals surface area contributed by atoms with E-state index >= 15 is 0 Å². The number of pyridine rings is 1. The SMILES string of the molecule is Cc1ccn2c(NS(=O)(=O)c3ccc4ccccc4c3)c(-c3ccccc3)nc2c1. The average Bonchev–Trinajstić information content (AvgIpc) is 3.10. The summed E-state index contributed by atoms with van der Waals surface area (Å²) in [4.78, 5) is 4.92. The molecule has 6 heteroatoms. The Morgan fingerprint density at radius 3 is 2.37 bits per heavy atom. The molecule has 0 aliphatic rings. The molecule has 0 saturated heterocycles. The van der Waals surface area contributed by atoms with Crippen molar-refractivity contribution in [2.75, 3.05) is 4.72 Å². The summed E-state index contributed by atoms with van der Waals surface area (Å²) in [6.45, 7) is 1.98. The molecular weight excluding hydrogens is 394 g/mol. The second-order valence-corrected chi connectivity index (χ2v) is 8.90. The fourth-order valence-electron chi connectivity index (χ4n) is 3.56. The zero-order valence-corrected chi connectivity index (χ0v) is 17.1. The Bertz CT molecular complexity index is 1490. The molecule has 0 atom stereocenters. The van der Waals surface area contributed by atoms with Crippen LogP contribution in [0.2, 0.25) is 0 Å². The van der Waals surface area contributed by atoms with Gasteiger partial charge in [-0.25, -0.2) is 13.4 Å². The van der Waals surface area contributed by atoms with E-state index in [4.69, 9.17) is 4.98 Å². The van der Waals surface area contributed by atoms with E-state index in [-0.39, 0.29) is 4.90 Å². The highest BCUT2D eigenvalue weighted by atomic mass is 32.2. The Balaban J connectivity index is 1.66. The van der Waals surface area contributed by atoms with E-state index in [9.17, 15) is 8.42 Å². The molecule has 30 heavy (non-hydrogen) atoms. The third-order valence-electron chi connectivity index (χ3n) is 5.09. The maximum atomic E-state index is 13.3. The number of imidazole rings is 1. The first-order chi connectivity index (χ1) is 14.5. The first-order valence-corrected chi connectivity index (χ1v) is 11.1. The van der Waals surface area contributed by atoms with Crippen LogP contribution in [0.4, 0.5) is 5.82 Å². The van der Waals surface area contributed by atoms with E-state index in [0.29, 0.717) is 17.2 Å². The van der Waals surface area contributed by atoms with Gasteiger partial charge in [0.25, 0.3) is 10.0 Å². The van der Waals surface area contributed by atoms with Crippen LogP contribution in [0.15, 0.2) is 96.0 Å². The molecule has 0 fully saturated rings. The van der Waals surface area contributed by atoms with Gasteiger partial charge in [-0.15, -0.1) is 0 Å². The van der Waals surface area contributed by atoms with Gasteiger partial charge < -0.3 is 0 Å². The molecule has 3 aromatic carbocycles. The molecule has 0 aliphatic heterocycles. The van der Waals surface area contributed by atoms with Gasteiger partial charge in [-0.1, -0.05) is 60.7 Å². The number of benzene rings is 3. The Kier molecular flexibility index (Phi) is 4.29. The maximum absolute atomic E-state index is 13.3. The number of nitrogens with one attached hydrogen (secondary N) is 1. The van der Waals surface area contributed by atoms with Gasteiger partial charge in [-0.2, -0.15) is 0 Å². The minimum Gasteiger partial charge on any atom is -0.285 e. The summed E-state index contributed by atoms with van der Waals surface area (Å²) in [5.41, 5.74) is 3.17. The Labute approximate surface area is 174 Å². The van der Waals surface area contributed by atoms with Crippen molar-refractivity contribution in [2.45, 2.75) is 11.8 Å². The molecule has 1 N–H and O–H groups in total. The molecule has 0 saturated carbocycles. The molecule has 2 aromatic heterocycles. The molecule has 0 aliphatic carbocycles. The van der Waals surface area contributed by atoms with Crippen molar-refractivity contribution in [2.24, 2.45) is 0 Å². The third kappa shape index (κ3) is 3.21. The van der Waals surface area contributed by atoms with Gasteiger partial charge >= 0.3 is 0 Å². The van der Waals surface area contributed by atoms with Crippen molar-refractivity contribution in [1.29, 1.82) is 0 Å². The van der Waals surface area contributed by atoms with Crippen LogP contribution in [-0.2, 0) is 10.0 Å². The fraction of sp³-hybridized carbons (Fsp3) is 0.0417. The van der Waals surface area contributed by atoms with Crippen LogP contribution in [0.25, 0.3) is 27.7 Å². The molecule has 5 rings (SSSR count). The quantitative estimate of drug-likeness (QED) is 0.437. The highest BCUT2D eigenvalue weighted by molar-refractivity contribution is 7.92. The second-order valence-electron chi connectivity index (χ2n) is 7.22. The first kappa shape index (κ1) is 18.4. The van der Waals surface area contributed by atoms with Gasteiger partial charge in [-0.05, 0) is 47.5 Å². The number of hydrogen-bond acceptors (Lipinski definition) is 3. The standard InChI is InChI=1S/C24H19N3O2S/c1-17-13-14-27-22(15-17)25-23(19-8-3-2-4-9-19)24(27)26-30(28,29)21-12-11-18-7-5-6-10-20(18)16-21/h2-16,26H,1H3. The van der Waals surface area contributed by atoms with Crippen LogP contribution in [0.1, 0.15) is 5.56 Å². The minimum absolute atomic E-state index is 0.210. The number of aromatic nitrogens is 2. The van der Waals surface area contributed by atoms with Crippen molar-refractivity contribution < 1.29 is 8.42 Å². The van der Waals surface area contributed by atoms with Gasteiger partial charge in [0.05, 0.1) is 4.90 Å². The molecule has 0 bridgehead atoms. The van der Waals surface area contributed by atoms with E-state index in [2.05, 4.69) is 4.72 Å². The smallest absolute Gasteiger partial charge is 0.263 e. The summed E-state index contributed by atoms with van der Waals surface area (Å²) in [6.07, 6.45) is 1.84. The van der Waals surface area contributed by atoms with Gasteiger partial charge in [-0.3, -0.25) is 9.12 Å². The van der Waals surface area contributed by atoms with E-state index in [0.717, 1.165) is 21.9 Å². The molecular formula is C24H19N3O2S. The van der Waals surface area contributed by atoms with Crippen LogP contribution >= 0.6 is 0 Å². The highest BCUT2D eigenvalue weighted by Crippen LogP contribution is 2.31. The molecule has 0 spiro atoms. The predicted octanol–water partition coefficient (Wildman–Crippen LogP) is 5.26. The minimum atomic E-state index is -3.82. The second kappa shape index (κ2) is 7.00. The van der Waals surface area contributed by atoms with Crippen LogP contribution in [0.3, 0.4) is 0 Å².